The van der Waals surface area contributed by atoms with Gasteiger partial charge in [-0.25, -0.2) is 9.97 Å². The highest BCUT2D eigenvalue weighted by Crippen LogP contribution is 2.19. The molecule has 0 aliphatic rings. The van der Waals surface area contributed by atoms with Gasteiger partial charge in [-0.2, -0.15) is 0 Å². The Morgan fingerprint density at radius 1 is 1.22 bits per heavy atom. The number of aromatic nitrogens is 2. The topological polar surface area (TPSA) is 67.6 Å². The number of rotatable bonds is 4. The Bertz CT molecular complexity index is 541. The van der Waals surface area contributed by atoms with E-state index < -0.39 is 0 Å². The summed E-state index contributed by atoms with van der Waals surface area (Å²) in [5.41, 5.74) is 1.25. The highest BCUT2D eigenvalue weighted by molar-refractivity contribution is 6.00. The maximum Gasteiger partial charge on any atom is 0.166 e. The number of ether oxygens (including phenoxy) is 1. The zero-order chi connectivity index (χ0) is 12.8. The van der Waals surface area contributed by atoms with E-state index in [9.17, 15) is 0 Å². The first-order chi connectivity index (χ1) is 8.81. The normalized spacial score (nSPS) is 11.3. The van der Waals surface area contributed by atoms with E-state index >= 15 is 0 Å². The van der Waals surface area contributed by atoms with Crippen LogP contribution in [0.25, 0.3) is 0 Å². The largest absolute Gasteiger partial charge is 0.485 e. The summed E-state index contributed by atoms with van der Waals surface area (Å²) in [6.45, 7) is 1.98. The Kier molecular flexibility index (Phi) is 3.86. The summed E-state index contributed by atoms with van der Waals surface area (Å²) in [6.07, 6.45) is 3.33. The van der Waals surface area contributed by atoms with Gasteiger partial charge in [-0.1, -0.05) is 17.3 Å². The predicted octanol–water partition coefficient (Wildman–Crippen LogP) is 2.25. The maximum atomic E-state index is 8.81. The van der Waals surface area contributed by atoms with E-state index in [1.165, 1.54) is 0 Å². The van der Waals surface area contributed by atoms with Gasteiger partial charge < -0.3 is 9.94 Å². The van der Waals surface area contributed by atoms with E-state index in [4.69, 9.17) is 9.94 Å². The molecule has 92 valence electrons. The number of hydrogen-bond donors (Lipinski definition) is 1. The van der Waals surface area contributed by atoms with E-state index in [0.29, 0.717) is 17.3 Å². The Morgan fingerprint density at radius 2 is 1.94 bits per heavy atom. The smallest absolute Gasteiger partial charge is 0.166 e. The summed E-state index contributed by atoms with van der Waals surface area (Å²) < 4.78 is 5.63. The number of para-hydroxylation sites is 1. The summed E-state index contributed by atoms with van der Waals surface area (Å²) >= 11 is 0. The zero-order valence-electron chi connectivity index (χ0n) is 9.95. The van der Waals surface area contributed by atoms with Crippen molar-refractivity contribution in [3.8, 4) is 5.75 Å². The molecule has 0 bridgehead atoms. The van der Waals surface area contributed by atoms with Gasteiger partial charge in [0, 0.05) is 18.0 Å². The minimum Gasteiger partial charge on any atom is -0.485 e. The number of oxime groups is 1. The summed E-state index contributed by atoms with van der Waals surface area (Å²) in [5, 5.41) is 12.0. The van der Waals surface area contributed by atoms with Gasteiger partial charge in [-0.3, -0.25) is 0 Å². The van der Waals surface area contributed by atoms with Crippen molar-refractivity contribution in [2.45, 2.75) is 13.5 Å². The quantitative estimate of drug-likeness (QED) is 0.508. The van der Waals surface area contributed by atoms with E-state index in [1.54, 1.807) is 25.4 Å². The van der Waals surface area contributed by atoms with Crippen molar-refractivity contribution in [2.24, 2.45) is 5.16 Å². The van der Waals surface area contributed by atoms with E-state index in [-0.39, 0.29) is 6.61 Å². The number of hydrogen-bond acceptors (Lipinski definition) is 5. The lowest BCUT2D eigenvalue weighted by atomic mass is 10.1. The third-order valence-corrected chi connectivity index (χ3v) is 2.40. The van der Waals surface area contributed by atoms with Crippen LogP contribution in [0.2, 0.25) is 0 Å². The Morgan fingerprint density at radius 3 is 2.67 bits per heavy atom. The van der Waals surface area contributed by atoms with Crippen LogP contribution < -0.4 is 4.74 Å². The molecule has 2 aromatic rings. The van der Waals surface area contributed by atoms with Gasteiger partial charge in [0.05, 0.1) is 5.71 Å². The minimum atomic E-state index is 0.274. The predicted molar refractivity (Wildman–Crippen MR) is 66.8 cm³/mol. The lowest BCUT2D eigenvalue weighted by Crippen LogP contribution is -2.04. The van der Waals surface area contributed by atoms with Crippen LogP contribution in [0.5, 0.6) is 5.75 Å². The summed E-state index contributed by atoms with van der Waals surface area (Å²) in [5.74, 6) is 1.24. The molecule has 0 spiro atoms. The lowest BCUT2D eigenvalue weighted by Gasteiger charge is -2.09. The molecule has 0 saturated carbocycles. The summed E-state index contributed by atoms with van der Waals surface area (Å²) in [7, 11) is 0. The van der Waals surface area contributed by atoms with Crippen LogP contribution in [0.4, 0.5) is 0 Å². The van der Waals surface area contributed by atoms with Crippen molar-refractivity contribution < 1.29 is 9.94 Å². The molecule has 0 aliphatic carbocycles. The van der Waals surface area contributed by atoms with Gasteiger partial charge in [-0.15, -0.1) is 0 Å². The van der Waals surface area contributed by atoms with Crippen LogP contribution in [0.3, 0.4) is 0 Å². The van der Waals surface area contributed by atoms with Crippen LogP contribution >= 0.6 is 0 Å². The van der Waals surface area contributed by atoms with Gasteiger partial charge in [0.2, 0.25) is 0 Å². The van der Waals surface area contributed by atoms with E-state index in [1.807, 2.05) is 24.3 Å². The molecule has 1 N–H and O–H groups in total. The first-order valence-electron chi connectivity index (χ1n) is 5.48. The fourth-order valence-corrected chi connectivity index (χ4v) is 1.49. The second-order valence-corrected chi connectivity index (χ2v) is 3.64. The standard InChI is InChI=1S/C13H13N3O2/c1-10(16-17)11-5-2-3-6-12(11)18-9-13-14-7-4-8-15-13/h2-8,17H,9H2,1H3/b16-10-. The van der Waals surface area contributed by atoms with Crippen LogP contribution in [0.1, 0.15) is 18.3 Å². The Balaban J connectivity index is 2.15. The van der Waals surface area contributed by atoms with Gasteiger partial charge in [-0.05, 0) is 25.1 Å². The van der Waals surface area contributed by atoms with Gasteiger partial charge in [0.25, 0.3) is 0 Å². The number of benzene rings is 1. The maximum absolute atomic E-state index is 8.81. The molecule has 1 aromatic heterocycles. The van der Waals surface area contributed by atoms with Gasteiger partial charge in [0.1, 0.15) is 12.4 Å². The highest BCUT2D eigenvalue weighted by atomic mass is 16.5. The third-order valence-electron chi connectivity index (χ3n) is 2.40. The summed E-state index contributed by atoms with van der Waals surface area (Å²) in [6, 6.07) is 9.11. The van der Waals surface area contributed by atoms with Crippen molar-refractivity contribution in [1.82, 2.24) is 9.97 Å². The fraction of sp³-hybridized carbons (Fsp3) is 0.154. The monoisotopic (exact) mass is 243 g/mol. The molecule has 1 heterocycles. The minimum absolute atomic E-state index is 0.274. The van der Waals surface area contributed by atoms with Crippen molar-refractivity contribution in [1.29, 1.82) is 0 Å². The van der Waals surface area contributed by atoms with Crippen molar-refractivity contribution >= 4 is 5.71 Å². The molecule has 1 aromatic carbocycles. The first kappa shape index (κ1) is 12.0. The van der Waals surface area contributed by atoms with Crippen LogP contribution in [0.15, 0.2) is 47.9 Å². The highest BCUT2D eigenvalue weighted by Gasteiger charge is 2.07. The molecule has 0 aliphatic heterocycles. The average Bonchev–Trinajstić information content (AvgIpc) is 2.45. The molecule has 5 nitrogen and oxygen atoms in total. The van der Waals surface area contributed by atoms with Crippen molar-refractivity contribution in [3.63, 3.8) is 0 Å². The molecule has 2 rings (SSSR count). The van der Waals surface area contributed by atoms with Gasteiger partial charge >= 0.3 is 0 Å². The van der Waals surface area contributed by atoms with Gasteiger partial charge in [0.15, 0.2) is 5.82 Å². The number of nitrogens with zero attached hydrogens (tertiary/aromatic N) is 3. The van der Waals surface area contributed by atoms with Crippen molar-refractivity contribution in [2.75, 3.05) is 0 Å². The first-order valence-corrected chi connectivity index (χ1v) is 5.48. The van der Waals surface area contributed by atoms with E-state index in [2.05, 4.69) is 15.1 Å². The Labute approximate surface area is 105 Å². The summed E-state index contributed by atoms with van der Waals surface area (Å²) in [4.78, 5) is 8.15. The lowest BCUT2D eigenvalue weighted by molar-refractivity contribution is 0.294. The molecule has 0 saturated heterocycles. The molecular formula is C13H13N3O2. The van der Waals surface area contributed by atoms with Crippen LogP contribution in [-0.4, -0.2) is 20.9 Å². The second kappa shape index (κ2) is 5.77. The molecule has 0 radical (unpaired) electrons. The molecule has 18 heavy (non-hydrogen) atoms. The van der Waals surface area contributed by atoms with Crippen LogP contribution in [-0.2, 0) is 6.61 Å². The molecule has 0 atom stereocenters. The van der Waals surface area contributed by atoms with Crippen molar-refractivity contribution in [3.05, 3.63) is 54.1 Å². The van der Waals surface area contributed by atoms with Crippen LogP contribution in [0, 0.1) is 0 Å². The third kappa shape index (κ3) is 2.82. The van der Waals surface area contributed by atoms with E-state index in [0.717, 1.165) is 5.56 Å². The molecule has 0 amide bonds. The zero-order valence-corrected chi connectivity index (χ0v) is 9.95. The molecular weight excluding hydrogens is 230 g/mol. The second-order valence-electron chi connectivity index (χ2n) is 3.64. The fourth-order valence-electron chi connectivity index (χ4n) is 1.49. The molecule has 0 fully saturated rings. The Hall–Kier alpha value is -2.43. The SMILES string of the molecule is C/C(=N/O)c1ccccc1OCc1ncccn1. The molecule has 0 unspecified atom stereocenters. The molecule has 5 heteroatoms. The average molecular weight is 243 g/mol.